The summed E-state index contributed by atoms with van der Waals surface area (Å²) in [5.41, 5.74) is 9.61. The van der Waals surface area contributed by atoms with E-state index in [1.165, 1.54) is 44.2 Å². The van der Waals surface area contributed by atoms with Crippen LogP contribution < -0.4 is 4.57 Å². The molecule has 1 nitrogen and oxygen atoms in total. The zero-order chi connectivity index (χ0) is 20.5. The molecule has 0 bridgehead atoms. The first-order valence-corrected chi connectivity index (χ1v) is 8.94. The van der Waals surface area contributed by atoms with Gasteiger partial charge in [0.15, 0.2) is 6.20 Å². The molecule has 1 heteroatoms. The van der Waals surface area contributed by atoms with Crippen LogP contribution >= 0.6 is 0 Å². The van der Waals surface area contributed by atoms with E-state index < -0.39 is 6.85 Å². The molecule has 0 aliphatic heterocycles. The molecule has 0 fully saturated rings. The van der Waals surface area contributed by atoms with Crippen LogP contribution in [0.5, 0.6) is 0 Å². The molecule has 0 saturated heterocycles. The summed E-state index contributed by atoms with van der Waals surface area (Å²) in [6, 6.07) is 19.4. The molecule has 1 aliphatic rings. The lowest BCUT2D eigenvalue weighted by Crippen LogP contribution is -2.31. The van der Waals surface area contributed by atoms with Crippen LogP contribution in [0.1, 0.15) is 20.8 Å². The van der Waals surface area contributed by atoms with Crippen molar-refractivity contribution >= 4 is 10.8 Å². The summed E-state index contributed by atoms with van der Waals surface area (Å²) < 4.78 is 25.5. The summed E-state index contributed by atoms with van der Waals surface area (Å²) in [5, 5.41) is 2.55. The van der Waals surface area contributed by atoms with Gasteiger partial charge in [-0.3, -0.25) is 0 Å². The van der Waals surface area contributed by atoms with E-state index in [1.54, 1.807) is 6.20 Å². The highest BCUT2D eigenvalue weighted by Gasteiger charge is 2.28. The summed E-state index contributed by atoms with van der Waals surface area (Å²) in [5.74, 6) is 0. The van der Waals surface area contributed by atoms with Crippen LogP contribution in [-0.4, -0.2) is 0 Å². The molecule has 1 aliphatic carbocycles. The van der Waals surface area contributed by atoms with Crippen molar-refractivity contribution in [3.05, 3.63) is 77.5 Å². The van der Waals surface area contributed by atoms with Gasteiger partial charge in [-0.15, -0.1) is 0 Å². The molecule has 4 aromatic rings. The molecule has 0 unspecified atom stereocenters. The maximum absolute atomic E-state index is 7.83. The van der Waals surface area contributed by atoms with Crippen molar-refractivity contribution in [3.8, 4) is 33.5 Å². The third kappa shape index (κ3) is 1.94. The van der Waals surface area contributed by atoms with E-state index in [0.717, 1.165) is 11.3 Å². The molecule has 0 spiro atoms. The molecule has 5 rings (SSSR count). The third-order valence-electron chi connectivity index (χ3n) is 5.61. The van der Waals surface area contributed by atoms with Gasteiger partial charge in [-0.25, -0.2) is 4.57 Å². The molecule has 1 aromatic heterocycles. The van der Waals surface area contributed by atoms with Crippen molar-refractivity contribution in [2.24, 2.45) is 7.05 Å². The highest BCUT2D eigenvalue weighted by atomic mass is 14.9. The SMILES string of the molecule is [2H]C([2H])([2H])c1c[n+](C)c(-c2c(C)ccc3c2-c2cccc4cccc-3c24)cc1C. The van der Waals surface area contributed by atoms with E-state index in [0.29, 0.717) is 5.56 Å². The molecule has 126 valence electrons. The number of nitrogens with zero attached hydrogens (tertiary/aromatic N) is 1. The number of pyridine rings is 1. The summed E-state index contributed by atoms with van der Waals surface area (Å²) in [7, 11) is 1.94. The minimum atomic E-state index is -2.12. The largest absolute Gasteiger partial charge is 0.213 e. The molecule has 3 aromatic carbocycles. The number of fused-ring (bicyclic) bond motifs is 3. The fourth-order valence-corrected chi connectivity index (χ4v) is 4.31. The van der Waals surface area contributed by atoms with E-state index in [4.69, 9.17) is 4.11 Å². The number of benzene rings is 3. The van der Waals surface area contributed by atoms with Crippen molar-refractivity contribution in [1.29, 1.82) is 0 Å². The van der Waals surface area contributed by atoms with Gasteiger partial charge in [0.25, 0.3) is 0 Å². The zero-order valence-corrected chi connectivity index (χ0v) is 15.2. The average molecular weight is 339 g/mol. The van der Waals surface area contributed by atoms with Crippen LogP contribution in [0.3, 0.4) is 0 Å². The maximum atomic E-state index is 7.83. The van der Waals surface area contributed by atoms with Crippen LogP contribution in [0.25, 0.3) is 44.3 Å². The number of hydrogen-bond acceptors (Lipinski definition) is 0. The second-order valence-electron chi connectivity index (χ2n) is 7.26. The Morgan fingerprint density at radius 3 is 2.31 bits per heavy atom. The van der Waals surface area contributed by atoms with Crippen LogP contribution in [0.4, 0.5) is 0 Å². The fraction of sp³-hybridized carbons (Fsp3) is 0.160. The van der Waals surface area contributed by atoms with Gasteiger partial charge in [-0.05, 0) is 59.3 Å². The molecular formula is C25H22N+. The predicted octanol–water partition coefficient (Wildman–Crippen LogP) is 5.90. The normalized spacial score (nSPS) is 14.0. The summed E-state index contributed by atoms with van der Waals surface area (Å²) in [6.45, 7) is 1.90. The second kappa shape index (κ2) is 5.28. The Bertz CT molecular complexity index is 1310. The first-order chi connectivity index (χ1) is 13.8. The summed E-state index contributed by atoms with van der Waals surface area (Å²) in [4.78, 5) is 0. The molecule has 26 heavy (non-hydrogen) atoms. The van der Waals surface area contributed by atoms with Crippen molar-refractivity contribution < 1.29 is 8.68 Å². The molecule has 0 atom stereocenters. The second-order valence-corrected chi connectivity index (χ2v) is 7.26. The van der Waals surface area contributed by atoms with E-state index >= 15 is 0 Å². The number of hydrogen-bond donors (Lipinski definition) is 0. The van der Waals surface area contributed by atoms with Crippen molar-refractivity contribution in [1.82, 2.24) is 0 Å². The molecule has 0 saturated carbocycles. The first kappa shape index (κ1) is 12.4. The number of aryl methyl sites for hydroxylation is 4. The molecule has 0 N–H and O–H groups in total. The van der Waals surface area contributed by atoms with Gasteiger partial charge in [0.2, 0.25) is 5.69 Å². The highest BCUT2D eigenvalue weighted by molar-refractivity contribution is 6.18. The smallest absolute Gasteiger partial charge is 0.201 e. The molecule has 0 amide bonds. The van der Waals surface area contributed by atoms with Gasteiger partial charge in [0.1, 0.15) is 7.05 Å². The fourth-order valence-electron chi connectivity index (χ4n) is 4.31. The molecule has 0 radical (unpaired) electrons. The van der Waals surface area contributed by atoms with Crippen LogP contribution in [-0.2, 0) is 7.05 Å². The Kier molecular flexibility index (Phi) is 2.52. The predicted molar refractivity (Wildman–Crippen MR) is 109 cm³/mol. The standard InChI is InChI=1S/C25H22N/c1-15-11-12-20-19-9-5-7-18-8-6-10-21(24(18)19)25(20)23(15)22-13-16(2)17(3)14-26(22)4/h5-14H,1-4H3/q+1/i3D3. The van der Waals surface area contributed by atoms with Crippen molar-refractivity contribution in [2.75, 3.05) is 0 Å². The van der Waals surface area contributed by atoms with Crippen molar-refractivity contribution in [3.63, 3.8) is 0 Å². The van der Waals surface area contributed by atoms with Gasteiger partial charge in [-0.2, -0.15) is 0 Å². The van der Waals surface area contributed by atoms with Crippen LogP contribution in [0.15, 0.2) is 60.8 Å². The minimum absolute atomic E-state index is 0.402. The van der Waals surface area contributed by atoms with Gasteiger partial charge >= 0.3 is 0 Å². The van der Waals surface area contributed by atoms with E-state index in [9.17, 15) is 0 Å². The Balaban J connectivity index is 1.86. The minimum Gasteiger partial charge on any atom is -0.201 e. The average Bonchev–Trinajstić information content (AvgIpc) is 2.99. The zero-order valence-electron chi connectivity index (χ0n) is 18.2. The van der Waals surface area contributed by atoms with Gasteiger partial charge in [0.05, 0.1) is 5.56 Å². The highest BCUT2D eigenvalue weighted by Crippen LogP contribution is 2.51. The molecular weight excluding hydrogens is 314 g/mol. The van der Waals surface area contributed by atoms with E-state index in [2.05, 4.69) is 55.5 Å². The third-order valence-corrected chi connectivity index (χ3v) is 5.61. The monoisotopic (exact) mass is 339 g/mol. The van der Waals surface area contributed by atoms with Gasteiger partial charge in [-0.1, -0.05) is 48.5 Å². The lowest BCUT2D eigenvalue weighted by Gasteiger charge is -2.13. The quantitative estimate of drug-likeness (QED) is 0.335. The summed E-state index contributed by atoms with van der Waals surface area (Å²) >= 11 is 0. The Morgan fingerprint density at radius 1 is 0.769 bits per heavy atom. The van der Waals surface area contributed by atoms with Crippen LogP contribution in [0.2, 0.25) is 0 Å². The van der Waals surface area contributed by atoms with E-state index in [1.807, 2.05) is 24.6 Å². The first-order valence-electron chi connectivity index (χ1n) is 10.4. The lowest BCUT2D eigenvalue weighted by molar-refractivity contribution is -0.660. The van der Waals surface area contributed by atoms with E-state index in [-0.39, 0.29) is 0 Å². The summed E-state index contributed by atoms with van der Waals surface area (Å²) in [6.07, 6.45) is 1.76. The van der Waals surface area contributed by atoms with Crippen LogP contribution in [0, 0.1) is 20.7 Å². The number of aromatic nitrogens is 1. The Labute approximate surface area is 158 Å². The van der Waals surface area contributed by atoms with Gasteiger partial charge in [0, 0.05) is 21.3 Å². The topological polar surface area (TPSA) is 3.88 Å². The Morgan fingerprint density at radius 2 is 1.54 bits per heavy atom. The lowest BCUT2D eigenvalue weighted by atomic mass is 9.91. The Hall–Kier alpha value is -2.93. The number of rotatable bonds is 1. The molecule has 1 heterocycles. The van der Waals surface area contributed by atoms with Gasteiger partial charge < -0.3 is 0 Å². The van der Waals surface area contributed by atoms with Crippen molar-refractivity contribution in [2.45, 2.75) is 20.7 Å². The maximum Gasteiger partial charge on any atom is 0.213 e.